The molecule has 8 heteroatoms. The molecule has 4 rings (SSSR count). The number of carbonyl (C=O) groups is 2. The Morgan fingerprint density at radius 3 is 2.31 bits per heavy atom. The van der Waals surface area contributed by atoms with Crippen LogP contribution >= 0.6 is 0 Å². The SMILES string of the molecule is CCOc1ccc(N2C(=O)C(O)=C(C(=O)C=Cc3ccccc3)C2c2ccc([N+](=O)[O-])cc2)cc1. The van der Waals surface area contributed by atoms with Gasteiger partial charge >= 0.3 is 0 Å². The number of aliphatic hydroxyl groups excluding tert-OH is 1. The van der Waals surface area contributed by atoms with Crippen molar-refractivity contribution in [3.8, 4) is 5.75 Å². The number of amides is 1. The maximum absolute atomic E-state index is 13.2. The van der Waals surface area contributed by atoms with Crippen molar-refractivity contribution in [1.29, 1.82) is 0 Å². The standard InChI is InChI=1S/C27H22N2O6/c1-2-35-22-15-13-20(14-16-22)28-25(19-9-11-21(12-10-19)29(33)34)24(26(31)27(28)32)23(30)17-8-18-6-4-3-5-7-18/h3-17,25,31H,2H2,1H3. The van der Waals surface area contributed by atoms with Gasteiger partial charge in [0.05, 0.1) is 23.1 Å². The number of rotatable bonds is 8. The fourth-order valence-corrected chi connectivity index (χ4v) is 3.91. The van der Waals surface area contributed by atoms with E-state index in [1.807, 2.05) is 37.3 Å². The molecule has 0 aromatic heterocycles. The number of hydrogen-bond donors (Lipinski definition) is 1. The Morgan fingerprint density at radius 2 is 1.71 bits per heavy atom. The van der Waals surface area contributed by atoms with E-state index in [4.69, 9.17) is 4.74 Å². The van der Waals surface area contributed by atoms with Gasteiger partial charge in [-0.1, -0.05) is 36.4 Å². The summed E-state index contributed by atoms with van der Waals surface area (Å²) in [6.07, 6.45) is 2.90. The van der Waals surface area contributed by atoms with Crippen molar-refractivity contribution in [2.24, 2.45) is 0 Å². The topological polar surface area (TPSA) is 110 Å². The van der Waals surface area contributed by atoms with Crippen LogP contribution in [0.5, 0.6) is 5.75 Å². The minimum Gasteiger partial charge on any atom is -0.503 e. The van der Waals surface area contributed by atoms with Crippen molar-refractivity contribution in [2.45, 2.75) is 13.0 Å². The van der Waals surface area contributed by atoms with Crippen LogP contribution in [-0.2, 0) is 9.59 Å². The van der Waals surface area contributed by atoms with Crippen LogP contribution in [0.2, 0.25) is 0 Å². The van der Waals surface area contributed by atoms with Crippen molar-refractivity contribution in [3.05, 3.63) is 118 Å². The van der Waals surface area contributed by atoms with Gasteiger partial charge in [-0.15, -0.1) is 0 Å². The highest BCUT2D eigenvalue weighted by Crippen LogP contribution is 2.41. The molecule has 1 heterocycles. The molecule has 1 N–H and O–H groups in total. The highest BCUT2D eigenvalue weighted by atomic mass is 16.6. The van der Waals surface area contributed by atoms with Crippen LogP contribution in [0.1, 0.15) is 24.1 Å². The first-order valence-electron chi connectivity index (χ1n) is 10.9. The summed E-state index contributed by atoms with van der Waals surface area (Å²) in [5.74, 6) is -1.34. The quantitative estimate of drug-likeness (QED) is 0.276. The number of carbonyl (C=O) groups excluding carboxylic acids is 2. The minimum absolute atomic E-state index is 0.107. The fourth-order valence-electron chi connectivity index (χ4n) is 3.91. The maximum atomic E-state index is 13.2. The third-order valence-corrected chi connectivity index (χ3v) is 5.55. The number of ether oxygens (including phenoxy) is 1. The number of benzene rings is 3. The van der Waals surface area contributed by atoms with Gasteiger partial charge in [-0.25, -0.2) is 0 Å². The fraction of sp³-hybridized carbons (Fsp3) is 0.111. The number of non-ortho nitro benzene ring substituents is 1. The molecule has 1 unspecified atom stereocenters. The third kappa shape index (κ3) is 4.81. The van der Waals surface area contributed by atoms with Gasteiger partial charge in [0.1, 0.15) is 5.75 Å². The van der Waals surface area contributed by atoms with Gasteiger partial charge in [0.25, 0.3) is 11.6 Å². The lowest BCUT2D eigenvalue weighted by atomic mass is 9.95. The molecule has 1 aliphatic heterocycles. The largest absolute Gasteiger partial charge is 0.503 e. The number of allylic oxidation sites excluding steroid dienone is 1. The third-order valence-electron chi connectivity index (χ3n) is 5.55. The molecule has 0 saturated carbocycles. The summed E-state index contributed by atoms with van der Waals surface area (Å²) in [5, 5.41) is 21.9. The van der Waals surface area contributed by atoms with E-state index in [1.165, 1.54) is 35.2 Å². The number of nitro benzene ring substituents is 1. The van der Waals surface area contributed by atoms with E-state index < -0.39 is 28.4 Å². The molecule has 3 aromatic carbocycles. The minimum atomic E-state index is -0.978. The Morgan fingerprint density at radius 1 is 1.06 bits per heavy atom. The van der Waals surface area contributed by atoms with Gasteiger partial charge in [0.15, 0.2) is 11.5 Å². The second-order valence-electron chi connectivity index (χ2n) is 7.72. The van der Waals surface area contributed by atoms with E-state index in [-0.39, 0.29) is 11.3 Å². The monoisotopic (exact) mass is 470 g/mol. The second-order valence-corrected chi connectivity index (χ2v) is 7.72. The number of ketones is 1. The normalized spacial score (nSPS) is 15.6. The number of nitro groups is 1. The first-order chi connectivity index (χ1) is 16.9. The lowest BCUT2D eigenvalue weighted by molar-refractivity contribution is -0.384. The average Bonchev–Trinajstić information content (AvgIpc) is 3.14. The molecule has 0 radical (unpaired) electrons. The van der Waals surface area contributed by atoms with Crippen molar-refractivity contribution in [2.75, 3.05) is 11.5 Å². The summed E-state index contributed by atoms with van der Waals surface area (Å²) < 4.78 is 5.46. The van der Waals surface area contributed by atoms with Crippen LogP contribution in [-0.4, -0.2) is 28.3 Å². The highest BCUT2D eigenvalue weighted by Gasteiger charge is 2.43. The molecular weight excluding hydrogens is 448 g/mol. The summed E-state index contributed by atoms with van der Waals surface area (Å²) in [7, 11) is 0. The molecule has 35 heavy (non-hydrogen) atoms. The predicted molar refractivity (Wildman–Crippen MR) is 131 cm³/mol. The molecule has 0 fully saturated rings. The molecule has 1 amide bonds. The zero-order valence-electron chi connectivity index (χ0n) is 18.8. The molecule has 0 bridgehead atoms. The van der Waals surface area contributed by atoms with Crippen LogP contribution in [0, 0.1) is 10.1 Å². The van der Waals surface area contributed by atoms with Crippen LogP contribution in [0.4, 0.5) is 11.4 Å². The van der Waals surface area contributed by atoms with Gasteiger partial charge < -0.3 is 9.84 Å². The smallest absolute Gasteiger partial charge is 0.294 e. The van der Waals surface area contributed by atoms with Gasteiger partial charge in [0, 0.05) is 17.8 Å². The Bertz CT molecular complexity index is 1310. The summed E-state index contributed by atoms with van der Waals surface area (Å²) >= 11 is 0. The van der Waals surface area contributed by atoms with Gasteiger partial charge in [-0.3, -0.25) is 24.6 Å². The molecule has 176 valence electrons. The molecule has 3 aromatic rings. The van der Waals surface area contributed by atoms with E-state index in [0.717, 1.165) is 5.56 Å². The maximum Gasteiger partial charge on any atom is 0.294 e. The van der Waals surface area contributed by atoms with E-state index in [2.05, 4.69) is 0 Å². The Kier molecular flexibility index (Phi) is 6.73. The van der Waals surface area contributed by atoms with Crippen LogP contribution in [0.3, 0.4) is 0 Å². The lowest BCUT2D eigenvalue weighted by Gasteiger charge is -2.26. The van der Waals surface area contributed by atoms with Crippen LogP contribution < -0.4 is 9.64 Å². The van der Waals surface area contributed by atoms with Crippen molar-refractivity contribution in [1.82, 2.24) is 0 Å². The zero-order valence-corrected chi connectivity index (χ0v) is 18.8. The van der Waals surface area contributed by atoms with Crippen molar-refractivity contribution in [3.63, 3.8) is 0 Å². The molecule has 1 aliphatic rings. The van der Waals surface area contributed by atoms with Crippen LogP contribution in [0.25, 0.3) is 6.08 Å². The summed E-state index contributed by atoms with van der Waals surface area (Å²) in [6.45, 7) is 2.33. The highest BCUT2D eigenvalue weighted by molar-refractivity contribution is 6.19. The van der Waals surface area contributed by atoms with E-state index >= 15 is 0 Å². The molecule has 1 atom stereocenters. The van der Waals surface area contributed by atoms with E-state index in [9.17, 15) is 24.8 Å². The Balaban J connectivity index is 1.77. The molecule has 8 nitrogen and oxygen atoms in total. The Hall–Kier alpha value is -4.72. The second kappa shape index (κ2) is 10.0. The Labute approximate surface area is 201 Å². The molecule has 0 aliphatic carbocycles. The van der Waals surface area contributed by atoms with Crippen molar-refractivity contribution < 1.29 is 24.4 Å². The average molecular weight is 470 g/mol. The summed E-state index contributed by atoms with van der Waals surface area (Å²) in [6, 6.07) is 20.4. The van der Waals surface area contributed by atoms with Crippen molar-refractivity contribution >= 4 is 29.1 Å². The first-order valence-corrected chi connectivity index (χ1v) is 10.9. The zero-order chi connectivity index (χ0) is 24.9. The van der Waals surface area contributed by atoms with Gasteiger partial charge in [-0.2, -0.15) is 0 Å². The van der Waals surface area contributed by atoms with E-state index in [1.54, 1.807) is 30.3 Å². The van der Waals surface area contributed by atoms with E-state index in [0.29, 0.717) is 23.6 Å². The van der Waals surface area contributed by atoms with Crippen LogP contribution in [0.15, 0.2) is 96.3 Å². The number of hydrogen-bond acceptors (Lipinski definition) is 6. The van der Waals surface area contributed by atoms with Gasteiger partial charge in [0.2, 0.25) is 0 Å². The molecule has 0 saturated heterocycles. The van der Waals surface area contributed by atoms with Gasteiger partial charge in [-0.05, 0) is 60.5 Å². The summed E-state index contributed by atoms with van der Waals surface area (Å²) in [4.78, 5) is 38.3. The first kappa shape index (κ1) is 23.4. The number of aliphatic hydroxyl groups is 1. The summed E-state index contributed by atoms with van der Waals surface area (Å²) in [5.41, 5.74) is 1.42. The number of nitrogens with zero attached hydrogens (tertiary/aromatic N) is 2. The lowest BCUT2D eigenvalue weighted by Crippen LogP contribution is -2.30. The molecular formula is C27H22N2O6. The number of anilines is 1. The molecule has 0 spiro atoms. The predicted octanol–water partition coefficient (Wildman–Crippen LogP) is 5.18.